The third-order valence-electron chi connectivity index (χ3n) is 2.41. The highest BCUT2D eigenvalue weighted by atomic mass is 16.5. The number of nitrogens with one attached hydrogen (secondary N) is 1. The maximum Gasteiger partial charge on any atom is 0.377 e. The van der Waals surface area contributed by atoms with Crippen molar-refractivity contribution in [2.45, 2.75) is 26.0 Å². The zero-order valence-corrected chi connectivity index (χ0v) is 10.1. The van der Waals surface area contributed by atoms with Gasteiger partial charge < -0.3 is 10.1 Å². The topological polar surface area (TPSA) is 72.5 Å². The van der Waals surface area contributed by atoms with Crippen LogP contribution in [0.5, 0.6) is 0 Å². The Bertz CT molecular complexity index is 416. The average Bonchev–Trinajstić information content (AvgIpc) is 2.42. The van der Waals surface area contributed by atoms with E-state index in [4.69, 9.17) is 4.74 Å². The molecule has 0 spiro atoms. The fraction of sp³-hybridized carbons (Fsp3) is 0.308. The summed E-state index contributed by atoms with van der Waals surface area (Å²) >= 11 is 0. The monoisotopic (exact) mass is 249 g/mol. The Kier molecular flexibility index (Phi) is 5.57. The molecule has 96 valence electrons. The van der Waals surface area contributed by atoms with Crippen LogP contribution in [0.2, 0.25) is 0 Å². The number of hydrogen-bond donors (Lipinski definition) is 1. The van der Waals surface area contributed by atoms with Gasteiger partial charge in [-0.1, -0.05) is 37.3 Å². The molecule has 0 aromatic heterocycles. The molecule has 18 heavy (non-hydrogen) atoms. The second-order valence-electron chi connectivity index (χ2n) is 3.67. The number of carbonyl (C=O) groups is 3. The van der Waals surface area contributed by atoms with Gasteiger partial charge in [-0.25, -0.2) is 4.79 Å². The number of carbonyl (C=O) groups excluding carboxylic acids is 3. The first-order chi connectivity index (χ1) is 8.69. The Labute approximate surface area is 105 Å². The highest BCUT2D eigenvalue weighted by Gasteiger charge is 2.24. The highest BCUT2D eigenvalue weighted by molar-refractivity contribution is 6.35. The molecule has 1 aromatic carbocycles. The van der Waals surface area contributed by atoms with Crippen LogP contribution in [0.1, 0.15) is 18.9 Å². The number of benzene rings is 1. The number of rotatable bonds is 7. The molecule has 1 aromatic rings. The van der Waals surface area contributed by atoms with Crippen molar-refractivity contribution in [1.82, 2.24) is 5.32 Å². The molecule has 1 N–H and O–H groups in total. The molecule has 0 saturated carbocycles. The molecule has 1 rings (SSSR count). The van der Waals surface area contributed by atoms with Crippen LogP contribution in [0.4, 0.5) is 0 Å². The molecule has 0 aliphatic heterocycles. The van der Waals surface area contributed by atoms with Gasteiger partial charge in [-0.3, -0.25) is 9.59 Å². The van der Waals surface area contributed by atoms with Crippen LogP contribution in [-0.4, -0.2) is 24.2 Å². The molecule has 0 saturated heterocycles. The van der Waals surface area contributed by atoms with Gasteiger partial charge in [-0.2, -0.15) is 0 Å². The van der Waals surface area contributed by atoms with Crippen LogP contribution in [-0.2, 0) is 25.7 Å². The normalized spacial score (nSPS) is 11.4. The Morgan fingerprint density at radius 1 is 1.33 bits per heavy atom. The zero-order chi connectivity index (χ0) is 13.4. The van der Waals surface area contributed by atoms with Gasteiger partial charge in [-0.05, 0) is 12.0 Å². The molecule has 1 amide bonds. The largest absolute Gasteiger partial charge is 0.455 e. The highest BCUT2D eigenvalue weighted by Crippen LogP contribution is 2.02. The molecule has 0 radical (unpaired) electrons. The predicted octanol–water partition coefficient (Wildman–Crippen LogP) is 0.823. The second-order valence-corrected chi connectivity index (χ2v) is 3.67. The van der Waals surface area contributed by atoms with E-state index in [-0.39, 0.29) is 6.61 Å². The summed E-state index contributed by atoms with van der Waals surface area (Å²) in [6.07, 6.45) is 0.745. The fourth-order valence-electron chi connectivity index (χ4n) is 1.40. The van der Waals surface area contributed by atoms with Crippen molar-refractivity contribution in [2.75, 3.05) is 0 Å². The second kappa shape index (κ2) is 7.21. The van der Waals surface area contributed by atoms with Crippen LogP contribution >= 0.6 is 0 Å². The van der Waals surface area contributed by atoms with E-state index < -0.39 is 17.8 Å². The van der Waals surface area contributed by atoms with Crippen molar-refractivity contribution >= 4 is 18.2 Å². The lowest BCUT2D eigenvalue weighted by Gasteiger charge is -2.11. The number of ether oxygens (including phenoxy) is 1. The van der Waals surface area contributed by atoms with Gasteiger partial charge in [0.15, 0.2) is 0 Å². The molecule has 1 atom stereocenters. The molecule has 0 unspecified atom stereocenters. The molecule has 5 heteroatoms. The van der Waals surface area contributed by atoms with E-state index in [0.29, 0.717) is 12.8 Å². The SMILES string of the molecule is CC[C@H](NC=O)C(=O)C(=O)OCc1ccccc1. The standard InChI is InChI=1S/C13H15NO4/c1-2-11(14-9-15)12(16)13(17)18-8-10-6-4-3-5-7-10/h3-7,9,11H,2,8H2,1H3,(H,14,15)/t11-/m0/s1. The number of amides is 1. The van der Waals surface area contributed by atoms with Crippen molar-refractivity contribution in [1.29, 1.82) is 0 Å². The molecule has 0 heterocycles. The van der Waals surface area contributed by atoms with Crippen LogP contribution < -0.4 is 5.32 Å². The van der Waals surface area contributed by atoms with Crippen LogP contribution in [0, 0.1) is 0 Å². The maximum atomic E-state index is 11.6. The lowest BCUT2D eigenvalue weighted by atomic mass is 10.1. The van der Waals surface area contributed by atoms with Crippen molar-refractivity contribution < 1.29 is 19.1 Å². The Morgan fingerprint density at radius 3 is 2.56 bits per heavy atom. The Morgan fingerprint density at radius 2 is 2.00 bits per heavy atom. The van der Waals surface area contributed by atoms with E-state index in [1.54, 1.807) is 19.1 Å². The number of hydrogen-bond acceptors (Lipinski definition) is 4. The molecule has 0 aliphatic rings. The molecular weight excluding hydrogens is 234 g/mol. The van der Waals surface area contributed by atoms with E-state index in [2.05, 4.69) is 5.32 Å². The molecule has 0 fully saturated rings. The van der Waals surface area contributed by atoms with Gasteiger partial charge in [0.25, 0.3) is 5.78 Å². The number of ketones is 1. The Hall–Kier alpha value is -2.17. The molecule has 0 aliphatic carbocycles. The van der Waals surface area contributed by atoms with Crippen LogP contribution in [0.25, 0.3) is 0 Å². The summed E-state index contributed by atoms with van der Waals surface area (Å²) in [6, 6.07) is 8.24. The number of esters is 1. The average molecular weight is 249 g/mol. The predicted molar refractivity (Wildman–Crippen MR) is 64.5 cm³/mol. The van der Waals surface area contributed by atoms with Gasteiger partial charge in [0.05, 0.1) is 6.04 Å². The van der Waals surface area contributed by atoms with Crippen LogP contribution in [0.15, 0.2) is 30.3 Å². The fourth-order valence-corrected chi connectivity index (χ4v) is 1.40. The van der Waals surface area contributed by atoms with Gasteiger partial charge >= 0.3 is 5.97 Å². The summed E-state index contributed by atoms with van der Waals surface area (Å²) in [5, 5.41) is 2.28. The smallest absolute Gasteiger partial charge is 0.377 e. The van der Waals surface area contributed by atoms with Crippen molar-refractivity contribution in [2.24, 2.45) is 0 Å². The first-order valence-electron chi connectivity index (χ1n) is 5.63. The minimum Gasteiger partial charge on any atom is -0.455 e. The summed E-state index contributed by atoms with van der Waals surface area (Å²) in [4.78, 5) is 33.3. The molecular formula is C13H15NO4. The van der Waals surface area contributed by atoms with Gasteiger partial charge in [-0.15, -0.1) is 0 Å². The lowest BCUT2D eigenvalue weighted by Crippen LogP contribution is -2.40. The van der Waals surface area contributed by atoms with E-state index in [1.165, 1.54) is 0 Å². The Balaban J connectivity index is 2.49. The van der Waals surface area contributed by atoms with Crippen molar-refractivity contribution in [3.8, 4) is 0 Å². The van der Waals surface area contributed by atoms with Gasteiger partial charge in [0.2, 0.25) is 6.41 Å². The third-order valence-corrected chi connectivity index (χ3v) is 2.41. The minimum atomic E-state index is -0.931. The molecule has 5 nitrogen and oxygen atoms in total. The number of Topliss-reactive ketones (excluding diaryl/α,β-unsaturated/α-hetero) is 1. The maximum absolute atomic E-state index is 11.6. The summed E-state index contributed by atoms with van der Waals surface area (Å²) in [5.41, 5.74) is 0.801. The first-order valence-corrected chi connectivity index (χ1v) is 5.63. The van der Waals surface area contributed by atoms with E-state index in [1.807, 2.05) is 18.2 Å². The third kappa shape index (κ3) is 4.01. The summed E-state index contributed by atoms with van der Waals surface area (Å²) in [6.45, 7) is 1.74. The molecule has 0 bridgehead atoms. The van der Waals surface area contributed by atoms with E-state index >= 15 is 0 Å². The summed E-state index contributed by atoms with van der Waals surface area (Å²) in [5.74, 6) is -1.67. The first kappa shape index (κ1) is 13.9. The van der Waals surface area contributed by atoms with Gasteiger partial charge in [0.1, 0.15) is 6.61 Å². The zero-order valence-electron chi connectivity index (χ0n) is 10.1. The lowest BCUT2D eigenvalue weighted by molar-refractivity contribution is -0.155. The van der Waals surface area contributed by atoms with Gasteiger partial charge in [0, 0.05) is 0 Å². The summed E-state index contributed by atoms with van der Waals surface area (Å²) < 4.78 is 4.87. The van der Waals surface area contributed by atoms with Crippen molar-refractivity contribution in [3.63, 3.8) is 0 Å². The quantitative estimate of drug-likeness (QED) is 0.441. The summed E-state index contributed by atoms with van der Waals surface area (Å²) in [7, 11) is 0. The van der Waals surface area contributed by atoms with E-state index in [0.717, 1.165) is 5.56 Å². The van der Waals surface area contributed by atoms with Crippen molar-refractivity contribution in [3.05, 3.63) is 35.9 Å². The minimum absolute atomic E-state index is 0.0446. The van der Waals surface area contributed by atoms with Crippen LogP contribution in [0.3, 0.4) is 0 Å². The van der Waals surface area contributed by atoms with E-state index in [9.17, 15) is 14.4 Å².